The van der Waals surface area contributed by atoms with Gasteiger partial charge in [-0.25, -0.2) is 9.97 Å². The molecule has 9 heteroatoms. The lowest BCUT2D eigenvalue weighted by atomic mass is 10.1. The van der Waals surface area contributed by atoms with E-state index in [0.29, 0.717) is 30.3 Å². The van der Waals surface area contributed by atoms with Crippen molar-refractivity contribution >= 4 is 28.7 Å². The molecule has 0 radical (unpaired) electrons. The molecule has 1 aromatic heterocycles. The molecule has 1 aliphatic heterocycles. The Hall–Kier alpha value is -4.66. The molecule has 1 fully saturated rings. The highest BCUT2D eigenvalue weighted by Gasteiger charge is 2.29. The highest BCUT2D eigenvalue weighted by Crippen LogP contribution is 2.35. The van der Waals surface area contributed by atoms with Crippen LogP contribution in [0, 0.1) is 24.0 Å². The average molecular weight is 497 g/mol. The minimum Gasteiger partial charge on any atom is -0.457 e. The van der Waals surface area contributed by atoms with Crippen LogP contribution in [0.3, 0.4) is 0 Å². The maximum Gasteiger partial charge on any atom is 0.353 e. The predicted octanol–water partition coefficient (Wildman–Crippen LogP) is 5.86. The number of anilines is 4. The molecule has 0 saturated carbocycles. The van der Waals surface area contributed by atoms with Gasteiger partial charge in [-0.15, -0.1) is 0 Å². The van der Waals surface area contributed by atoms with Gasteiger partial charge in [0.15, 0.2) is 0 Å². The van der Waals surface area contributed by atoms with Crippen molar-refractivity contribution in [1.29, 1.82) is 0 Å². The molecule has 0 aliphatic carbocycles. The quantitative estimate of drug-likeness (QED) is 0.251. The molecule has 3 aromatic carbocycles. The molecule has 9 nitrogen and oxygen atoms in total. The van der Waals surface area contributed by atoms with Crippen molar-refractivity contribution in [1.82, 2.24) is 9.97 Å². The van der Waals surface area contributed by atoms with Gasteiger partial charge >= 0.3 is 5.69 Å². The molecule has 0 atom stereocenters. The number of nitrogens with one attached hydrogen (secondary N) is 1. The molecular formula is C28H28N6O3. The molecule has 0 unspecified atom stereocenters. The van der Waals surface area contributed by atoms with Gasteiger partial charge in [0.1, 0.15) is 17.8 Å². The van der Waals surface area contributed by atoms with E-state index in [4.69, 9.17) is 4.74 Å². The smallest absolute Gasteiger partial charge is 0.353 e. The van der Waals surface area contributed by atoms with Crippen molar-refractivity contribution in [2.45, 2.75) is 13.8 Å². The van der Waals surface area contributed by atoms with E-state index < -0.39 is 4.92 Å². The van der Waals surface area contributed by atoms with Gasteiger partial charge in [0.25, 0.3) is 0 Å². The zero-order valence-electron chi connectivity index (χ0n) is 20.8. The Balaban J connectivity index is 1.31. The fourth-order valence-electron chi connectivity index (χ4n) is 4.47. The van der Waals surface area contributed by atoms with E-state index in [-0.39, 0.29) is 11.5 Å². The Labute approximate surface area is 215 Å². The van der Waals surface area contributed by atoms with Crippen molar-refractivity contribution in [2.24, 2.45) is 0 Å². The molecule has 0 spiro atoms. The molecule has 4 aromatic rings. The van der Waals surface area contributed by atoms with Gasteiger partial charge in [0.05, 0.1) is 4.92 Å². The van der Waals surface area contributed by atoms with Crippen LogP contribution in [-0.2, 0) is 0 Å². The van der Waals surface area contributed by atoms with Crippen LogP contribution in [0.4, 0.5) is 28.7 Å². The van der Waals surface area contributed by atoms with Crippen molar-refractivity contribution < 1.29 is 9.66 Å². The lowest BCUT2D eigenvalue weighted by Crippen LogP contribution is -2.47. The first-order valence-corrected chi connectivity index (χ1v) is 12.1. The highest BCUT2D eigenvalue weighted by molar-refractivity contribution is 5.75. The minimum atomic E-state index is -0.415. The van der Waals surface area contributed by atoms with E-state index in [2.05, 4.69) is 52.2 Å². The third-order valence-corrected chi connectivity index (χ3v) is 6.58. The van der Waals surface area contributed by atoms with Gasteiger partial charge in [0.2, 0.25) is 11.6 Å². The number of aromatic nitrogens is 2. The molecule has 1 N–H and O–H groups in total. The Bertz CT molecular complexity index is 1390. The van der Waals surface area contributed by atoms with E-state index in [1.54, 1.807) is 24.3 Å². The van der Waals surface area contributed by atoms with Crippen LogP contribution in [0.15, 0.2) is 79.1 Å². The van der Waals surface area contributed by atoms with E-state index in [0.717, 1.165) is 18.8 Å². The number of ether oxygens (including phenoxy) is 1. The van der Waals surface area contributed by atoms with Crippen LogP contribution in [0.2, 0.25) is 0 Å². The lowest BCUT2D eigenvalue weighted by Gasteiger charge is -2.37. The van der Waals surface area contributed by atoms with Crippen LogP contribution < -0.4 is 19.9 Å². The Kier molecular flexibility index (Phi) is 6.85. The number of nitrogens with zero attached hydrogens (tertiary/aromatic N) is 5. The molecule has 1 saturated heterocycles. The molecule has 0 amide bonds. The molecule has 188 valence electrons. The number of piperazine rings is 1. The summed E-state index contributed by atoms with van der Waals surface area (Å²) >= 11 is 0. The molecular weight excluding hydrogens is 468 g/mol. The van der Waals surface area contributed by atoms with Crippen LogP contribution in [-0.4, -0.2) is 41.1 Å². The zero-order chi connectivity index (χ0) is 25.8. The summed E-state index contributed by atoms with van der Waals surface area (Å²) in [5, 5.41) is 15.2. The second-order valence-electron chi connectivity index (χ2n) is 8.91. The summed E-state index contributed by atoms with van der Waals surface area (Å²) in [5.41, 5.74) is 4.25. The summed E-state index contributed by atoms with van der Waals surface area (Å²) < 4.78 is 5.83. The Morgan fingerprint density at radius 1 is 0.838 bits per heavy atom. The Morgan fingerprint density at radius 2 is 1.51 bits per heavy atom. The van der Waals surface area contributed by atoms with E-state index >= 15 is 0 Å². The first-order valence-electron chi connectivity index (χ1n) is 12.1. The van der Waals surface area contributed by atoms with Gasteiger partial charge in [0, 0.05) is 37.6 Å². The summed E-state index contributed by atoms with van der Waals surface area (Å²) in [5.74, 6) is 1.88. The SMILES string of the molecule is Cc1cccc(N2CCN(c3ncnc(Nc4ccc(Oc5ccccc5)cc4)c3[N+](=O)[O-])CC2)c1C. The Morgan fingerprint density at radius 3 is 2.22 bits per heavy atom. The fourth-order valence-corrected chi connectivity index (χ4v) is 4.47. The topological polar surface area (TPSA) is 96.7 Å². The summed E-state index contributed by atoms with van der Waals surface area (Å²) in [4.78, 5) is 24.5. The highest BCUT2D eigenvalue weighted by atomic mass is 16.6. The molecule has 5 rings (SSSR count). The molecule has 2 heterocycles. The van der Waals surface area contributed by atoms with Gasteiger partial charge in [-0.3, -0.25) is 10.1 Å². The maximum atomic E-state index is 12.1. The maximum absolute atomic E-state index is 12.1. The van der Waals surface area contributed by atoms with Crippen LogP contribution in [0.1, 0.15) is 11.1 Å². The van der Waals surface area contributed by atoms with Gasteiger partial charge in [-0.2, -0.15) is 0 Å². The normalized spacial score (nSPS) is 13.4. The van der Waals surface area contributed by atoms with E-state index in [1.165, 1.54) is 23.1 Å². The monoisotopic (exact) mass is 496 g/mol. The molecule has 37 heavy (non-hydrogen) atoms. The van der Waals surface area contributed by atoms with Crippen molar-refractivity contribution in [3.05, 3.63) is 100 Å². The first-order chi connectivity index (χ1) is 18.0. The molecule has 0 bridgehead atoms. The second-order valence-corrected chi connectivity index (χ2v) is 8.91. The summed E-state index contributed by atoms with van der Waals surface area (Å²) in [6, 6.07) is 23.0. The zero-order valence-corrected chi connectivity index (χ0v) is 20.8. The lowest BCUT2D eigenvalue weighted by molar-refractivity contribution is -0.383. The summed E-state index contributed by atoms with van der Waals surface area (Å²) in [7, 11) is 0. The number of hydrogen-bond acceptors (Lipinski definition) is 8. The largest absolute Gasteiger partial charge is 0.457 e. The predicted molar refractivity (Wildman–Crippen MR) is 145 cm³/mol. The fraction of sp³-hybridized carbons (Fsp3) is 0.214. The molecule has 1 aliphatic rings. The van der Waals surface area contributed by atoms with Crippen LogP contribution in [0.5, 0.6) is 11.5 Å². The number of rotatable bonds is 7. The summed E-state index contributed by atoms with van der Waals surface area (Å²) in [6.07, 6.45) is 1.37. The number of para-hydroxylation sites is 1. The first kappa shape index (κ1) is 24.1. The van der Waals surface area contributed by atoms with E-state index in [9.17, 15) is 10.1 Å². The van der Waals surface area contributed by atoms with Gasteiger partial charge < -0.3 is 19.9 Å². The average Bonchev–Trinajstić information content (AvgIpc) is 2.92. The number of nitro groups is 1. The third kappa shape index (κ3) is 5.30. The number of benzene rings is 3. The standard InChI is InChI=1S/C28H28N6O3/c1-20-7-6-10-25(21(20)2)32-15-17-33(18-16-32)28-26(34(35)36)27(29-19-30-28)31-22-11-13-24(14-12-22)37-23-8-4-3-5-9-23/h3-14,19H,15-18H2,1-2H3,(H,29,30,31). The second kappa shape index (κ2) is 10.5. The van der Waals surface area contributed by atoms with Crippen LogP contribution in [0.25, 0.3) is 0 Å². The van der Waals surface area contributed by atoms with Crippen molar-refractivity contribution in [3.8, 4) is 11.5 Å². The van der Waals surface area contributed by atoms with Crippen molar-refractivity contribution in [3.63, 3.8) is 0 Å². The number of hydrogen-bond donors (Lipinski definition) is 1. The van der Waals surface area contributed by atoms with Crippen LogP contribution >= 0.6 is 0 Å². The minimum absolute atomic E-state index is 0.132. The third-order valence-electron chi connectivity index (χ3n) is 6.58. The van der Waals surface area contributed by atoms with Crippen molar-refractivity contribution in [2.75, 3.05) is 41.3 Å². The summed E-state index contributed by atoms with van der Waals surface area (Å²) in [6.45, 7) is 6.98. The van der Waals surface area contributed by atoms with Gasteiger partial charge in [-0.1, -0.05) is 30.3 Å². The van der Waals surface area contributed by atoms with Gasteiger partial charge in [-0.05, 0) is 67.4 Å². The van der Waals surface area contributed by atoms with E-state index in [1.807, 2.05) is 35.2 Å². The number of aryl methyl sites for hydroxylation is 1.